The van der Waals surface area contributed by atoms with Gasteiger partial charge in [0.25, 0.3) is 5.91 Å². The van der Waals surface area contributed by atoms with Crippen molar-refractivity contribution in [2.24, 2.45) is 0 Å². The average Bonchev–Trinajstić information content (AvgIpc) is 3.05. The minimum atomic E-state index is -0.116. The Balaban J connectivity index is 1.86. The molecule has 0 saturated carbocycles. The van der Waals surface area contributed by atoms with E-state index in [0.29, 0.717) is 17.9 Å². The summed E-state index contributed by atoms with van der Waals surface area (Å²) in [6.07, 6.45) is 4.49. The number of unbranched alkanes of at least 4 members (excludes halogenated alkanes) is 1. The third-order valence-corrected chi connectivity index (χ3v) is 5.00. The molecule has 2 amide bonds. The maximum Gasteiger partial charge on any atom is 0.258 e. The van der Waals surface area contributed by atoms with Crippen LogP contribution in [-0.2, 0) is 4.79 Å². The molecular weight excluding hydrogens is 328 g/mol. The van der Waals surface area contributed by atoms with E-state index in [2.05, 4.69) is 6.92 Å². The van der Waals surface area contributed by atoms with Crippen LogP contribution in [0.25, 0.3) is 0 Å². The number of nitrogens with zero attached hydrogens (tertiary/aromatic N) is 2. The van der Waals surface area contributed by atoms with Crippen molar-refractivity contribution in [1.29, 1.82) is 0 Å². The van der Waals surface area contributed by atoms with Crippen LogP contribution in [0.1, 0.15) is 47.9 Å². The lowest BCUT2D eigenvalue weighted by Crippen LogP contribution is -2.58. The lowest BCUT2D eigenvalue weighted by molar-refractivity contribution is -0.121. The van der Waals surface area contributed by atoms with Gasteiger partial charge >= 0.3 is 0 Å². The third kappa shape index (κ3) is 3.66. The van der Waals surface area contributed by atoms with E-state index in [-0.39, 0.29) is 24.4 Å². The van der Waals surface area contributed by atoms with Crippen molar-refractivity contribution in [2.75, 3.05) is 18.0 Å². The van der Waals surface area contributed by atoms with E-state index in [0.717, 1.165) is 30.5 Å². The first kappa shape index (κ1) is 18.2. The quantitative estimate of drug-likeness (QED) is 0.817. The van der Waals surface area contributed by atoms with Gasteiger partial charge in [-0.3, -0.25) is 9.59 Å². The molecule has 1 saturated heterocycles. The van der Waals surface area contributed by atoms with Crippen LogP contribution in [0.15, 0.2) is 41.0 Å². The van der Waals surface area contributed by atoms with Gasteiger partial charge in [0.05, 0.1) is 17.9 Å². The number of carbonyl (C=O) groups is 2. The Hall–Kier alpha value is -2.56. The first-order valence-corrected chi connectivity index (χ1v) is 9.23. The molecule has 5 heteroatoms. The Morgan fingerprint density at radius 1 is 1.27 bits per heavy atom. The van der Waals surface area contributed by atoms with E-state index in [9.17, 15) is 9.59 Å². The molecule has 138 valence electrons. The van der Waals surface area contributed by atoms with E-state index < -0.39 is 0 Å². The molecule has 0 bridgehead atoms. The van der Waals surface area contributed by atoms with Gasteiger partial charge in [-0.25, -0.2) is 0 Å². The Labute approximate surface area is 154 Å². The number of rotatable bonds is 5. The van der Waals surface area contributed by atoms with Crippen LogP contribution < -0.4 is 4.90 Å². The average molecular weight is 354 g/mol. The maximum absolute atomic E-state index is 13.0. The van der Waals surface area contributed by atoms with Crippen molar-refractivity contribution < 1.29 is 14.0 Å². The number of anilines is 1. The lowest BCUT2D eigenvalue weighted by atomic mass is 10.0. The smallest absolute Gasteiger partial charge is 0.258 e. The van der Waals surface area contributed by atoms with Crippen LogP contribution in [0.3, 0.4) is 0 Å². The molecule has 1 aliphatic rings. The molecule has 1 aromatic carbocycles. The summed E-state index contributed by atoms with van der Waals surface area (Å²) in [5.74, 6) is 0.435. The Kier molecular flexibility index (Phi) is 5.45. The zero-order valence-electron chi connectivity index (χ0n) is 15.7. The molecule has 1 aliphatic heterocycles. The van der Waals surface area contributed by atoms with Crippen molar-refractivity contribution in [3.8, 4) is 0 Å². The van der Waals surface area contributed by atoms with Crippen LogP contribution in [0.2, 0.25) is 0 Å². The molecule has 0 aliphatic carbocycles. The first-order chi connectivity index (χ1) is 12.5. The minimum absolute atomic E-state index is 0.00922. The number of carbonyl (C=O) groups excluding carboxylic acids is 2. The Morgan fingerprint density at radius 3 is 2.73 bits per heavy atom. The molecule has 2 heterocycles. The van der Waals surface area contributed by atoms with Crippen molar-refractivity contribution in [3.05, 3.63) is 53.5 Å². The number of aryl methyl sites for hydroxylation is 2. The highest BCUT2D eigenvalue weighted by atomic mass is 16.3. The molecule has 0 unspecified atom stereocenters. The van der Waals surface area contributed by atoms with Crippen LogP contribution in [-0.4, -0.2) is 35.8 Å². The van der Waals surface area contributed by atoms with Gasteiger partial charge in [-0.1, -0.05) is 31.9 Å². The lowest BCUT2D eigenvalue weighted by Gasteiger charge is -2.41. The molecule has 2 aromatic rings. The molecule has 3 rings (SSSR count). The van der Waals surface area contributed by atoms with Gasteiger partial charge in [-0.15, -0.1) is 0 Å². The molecule has 26 heavy (non-hydrogen) atoms. The third-order valence-electron chi connectivity index (χ3n) is 5.00. The van der Waals surface area contributed by atoms with Crippen molar-refractivity contribution in [3.63, 3.8) is 0 Å². The zero-order chi connectivity index (χ0) is 18.7. The Bertz CT molecular complexity index is 796. The zero-order valence-corrected chi connectivity index (χ0v) is 15.7. The van der Waals surface area contributed by atoms with Crippen LogP contribution in [0.5, 0.6) is 0 Å². The second kappa shape index (κ2) is 7.77. The number of benzene rings is 1. The number of hydrogen-bond donors (Lipinski definition) is 0. The van der Waals surface area contributed by atoms with E-state index in [1.54, 1.807) is 17.9 Å². The van der Waals surface area contributed by atoms with Crippen molar-refractivity contribution in [1.82, 2.24) is 4.90 Å². The molecular formula is C21H26N2O3. The van der Waals surface area contributed by atoms with Gasteiger partial charge in [0.2, 0.25) is 5.91 Å². The molecule has 0 radical (unpaired) electrons. The SMILES string of the molecule is CCCC[C@@H]1CN(c2cccc(C)c2)C(=O)CN1C(=O)c1ccoc1C. The largest absolute Gasteiger partial charge is 0.469 e. The molecule has 1 fully saturated rings. The highest BCUT2D eigenvalue weighted by Crippen LogP contribution is 2.25. The number of piperazine rings is 1. The minimum Gasteiger partial charge on any atom is -0.469 e. The summed E-state index contributed by atoms with van der Waals surface area (Å²) in [5, 5.41) is 0. The number of amides is 2. The van der Waals surface area contributed by atoms with E-state index >= 15 is 0 Å². The fraction of sp³-hybridized carbons (Fsp3) is 0.429. The van der Waals surface area contributed by atoms with E-state index in [1.165, 1.54) is 6.26 Å². The summed E-state index contributed by atoms with van der Waals surface area (Å²) in [6.45, 7) is 6.57. The topological polar surface area (TPSA) is 53.8 Å². The summed E-state index contributed by atoms with van der Waals surface area (Å²) in [7, 11) is 0. The summed E-state index contributed by atoms with van der Waals surface area (Å²) in [5.41, 5.74) is 2.57. The second-order valence-electron chi connectivity index (χ2n) is 6.96. The van der Waals surface area contributed by atoms with Gasteiger partial charge in [0, 0.05) is 12.2 Å². The molecule has 5 nitrogen and oxygen atoms in total. The van der Waals surface area contributed by atoms with Gasteiger partial charge < -0.3 is 14.2 Å². The second-order valence-corrected chi connectivity index (χ2v) is 6.96. The predicted molar refractivity (Wildman–Crippen MR) is 101 cm³/mol. The highest BCUT2D eigenvalue weighted by Gasteiger charge is 2.36. The summed E-state index contributed by atoms with van der Waals surface area (Å²) in [6, 6.07) is 9.66. The molecule has 1 aromatic heterocycles. The summed E-state index contributed by atoms with van der Waals surface area (Å²) >= 11 is 0. The van der Waals surface area contributed by atoms with Crippen LogP contribution >= 0.6 is 0 Å². The fourth-order valence-electron chi connectivity index (χ4n) is 3.50. The maximum atomic E-state index is 13.0. The molecule has 0 spiro atoms. The monoisotopic (exact) mass is 354 g/mol. The molecule has 1 atom stereocenters. The summed E-state index contributed by atoms with van der Waals surface area (Å²) < 4.78 is 5.28. The van der Waals surface area contributed by atoms with Crippen molar-refractivity contribution >= 4 is 17.5 Å². The van der Waals surface area contributed by atoms with E-state index in [1.807, 2.05) is 36.1 Å². The van der Waals surface area contributed by atoms with Gasteiger partial charge in [-0.05, 0) is 44.0 Å². The number of hydrogen-bond acceptors (Lipinski definition) is 3. The highest BCUT2D eigenvalue weighted by molar-refractivity contribution is 6.02. The van der Waals surface area contributed by atoms with Gasteiger partial charge in [-0.2, -0.15) is 0 Å². The standard InChI is InChI=1S/C21H26N2O3/c1-4-5-8-18-13-22(17-9-6-7-15(2)12-17)20(24)14-23(18)21(25)19-10-11-26-16(19)3/h6-7,9-12,18H,4-5,8,13-14H2,1-3H3/t18-/m1/s1. The van der Waals surface area contributed by atoms with Crippen molar-refractivity contribution in [2.45, 2.75) is 46.1 Å². The Morgan fingerprint density at radius 2 is 2.08 bits per heavy atom. The first-order valence-electron chi connectivity index (χ1n) is 9.23. The number of furan rings is 1. The normalized spacial score (nSPS) is 17.7. The molecule has 0 N–H and O–H groups in total. The fourth-order valence-corrected chi connectivity index (χ4v) is 3.50. The van der Waals surface area contributed by atoms with Gasteiger partial charge in [0.15, 0.2) is 0 Å². The van der Waals surface area contributed by atoms with Gasteiger partial charge in [0.1, 0.15) is 12.3 Å². The predicted octanol–water partition coefficient (Wildman–Crippen LogP) is 3.94. The summed E-state index contributed by atoms with van der Waals surface area (Å²) in [4.78, 5) is 29.3. The van der Waals surface area contributed by atoms with Crippen LogP contribution in [0.4, 0.5) is 5.69 Å². The van der Waals surface area contributed by atoms with Crippen LogP contribution in [0, 0.1) is 13.8 Å². The van der Waals surface area contributed by atoms with E-state index in [4.69, 9.17) is 4.42 Å².